The van der Waals surface area contributed by atoms with E-state index in [0.717, 1.165) is 12.3 Å². The molecule has 6 N–H and O–H groups in total. The number of amides is 3. The van der Waals surface area contributed by atoms with E-state index in [4.69, 9.17) is 10.2 Å². The fraction of sp³-hybridized carbons (Fsp3) is 0.444. The Morgan fingerprint density at radius 1 is 0.968 bits per heavy atom. The van der Waals surface area contributed by atoms with Crippen molar-refractivity contribution in [2.45, 2.75) is 44.2 Å². The molecule has 0 spiro atoms. The van der Waals surface area contributed by atoms with E-state index in [-0.39, 0.29) is 24.9 Å². The zero-order valence-corrected chi connectivity index (χ0v) is 16.3. The minimum Gasteiger partial charge on any atom is -0.481 e. The molecule has 3 amide bonds. The molecular weight excluding hydrogens is 419 g/mol. The van der Waals surface area contributed by atoms with Gasteiger partial charge in [0.25, 0.3) is 5.91 Å². The summed E-state index contributed by atoms with van der Waals surface area (Å²) in [5.74, 6) is -5.35. The summed E-state index contributed by atoms with van der Waals surface area (Å²) >= 11 is 0. The minimum absolute atomic E-state index is 0.00459. The zero-order valence-electron chi connectivity index (χ0n) is 16.3. The first kappa shape index (κ1) is 25.3. The number of hydrogen-bond acceptors (Lipinski definition) is 6. The van der Waals surface area contributed by atoms with Crippen molar-refractivity contribution in [3.63, 3.8) is 0 Å². The number of nitrogens with one attached hydrogen (secondary N) is 3. The number of carbonyl (C=O) groups is 5. The second kappa shape index (κ2) is 12.7. The SMILES string of the molecule is O=C(O)CCC(NC(=O)NC(CCCCNC(=O)c1ccnc(F)c1)C(=O)O)C(=O)O. The number of halogens is 1. The third kappa shape index (κ3) is 10.0. The number of hydrogen-bond donors (Lipinski definition) is 6. The van der Waals surface area contributed by atoms with Crippen molar-refractivity contribution >= 4 is 29.8 Å². The summed E-state index contributed by atoms with van der Waals surface area (Å²) in [4.78, 5) is 60.0. The molecular formula is C18H23FN4O8. The average Bonchev–Trinajstić information content (AvgIpc) is 2.69. The molecule has 0 saturated heterocycles. The van der Waals surface area contributed by atoms with Crippen LogP contribution in [0.2, 0.25) is 0 Å². The molecule has 0 radical (unpaired) electrons. The van der Waals surface area contributed by atoms with Crippen LogP contribution in [0.5, 0.6) is 0 Å². The Bertz CT molecular complexity index is 820. The molecule has 1 rings (SSSR count). The average molecular weight is 442 g/mol. The van der Waals surface area contributed by atoms with E-state index in [2.05, 4.69) is 15.6 Å². The molecule has 0 saturated carbocycles. The largest absolute Gasteiger partial charge is 0.481 e. The van der Waals surface area contributed by atoms with Crippen LogP contribution in [-0.4, -0.2) is 68.8 Å². The van der Waals surface area contributed by atoms with Crippen molar-refractivity contribution in [1.29, 1.82) is 0 Å². The van der Waals surface area contributed by atoms with Gasteiger partial charge in [0.15, 0.2) is 0 Å². The Kier molecular flexibility index (Phi) is 10.4. The smallest absolute Gasteiger partial charge is 0.326 e. The summed E-state index contributed by atoms with van der Waals surface area (Å²) in [5.41, 5.74) is 0.0881. The highest BCUT2D eigenvalue weighted by molar-refractivity contribution is 5.94. The quantitative estimate of drug-likeness (QED) is 0.182. The number of urea groups is 1. The number of pyridine rings is 1. The van der Waals surface area contributed by atoms with Gasteiger partial charge in [-0.05, 0) is 31.7 Å². The molecule has 0 aliphatic heterocycles. The van der Waals surface area contributed by atoms with Gasteiger partial charge in [-0.3, -0.25) is 9.59 Å². The van der Waals surface area contributed by atoms with Gasteiger partial charge in [-0.1, -0.05) is 0 Å². The molecule has 2 unspecified atom stereocenters. The third-order valence-electron chi connectivity index (χ3n) is 4.05. The molecule has 0 fully saturated rings. The predicted molar refractivity (Wildman–Crippen MR) is 102 cm³/mol. The lowest BCUT2D eigenvalue weighted by atomic mass is 10.1. The summed E-state index contributed by atoms with van der Waals surface area (Å²) < 4.78 is 13.0. The molecule has 0 bridgehead atoms. The number of nitrogens with zero attached hydrogens (tertiary/aromatic N) is 1. The molecule has 31 heavy (non-hydrogen) atoms. The van der Waals surface area contributed by atoms with E-state index in [0.29, 0.717) is 12.8 Å². The predicted octanol–water partition coefficient (Wildman–Crippen LogP) is 0.191. The fourth-order valence-electron chi connectivity index (χ4n) is 2.46. The summed E-state index contributed by atoms with van der Waals surface area (Å²) in [6.45, 7) is 0.178. The first-order valence-corrected chi connectivity index (χ1v) is 9.24. The maximum absolute atomic E-state index is 13.0. The van der Waals surface area contributed by atoms with Gasteiger partial charge in [0.2, 0.25) is 5.95 Å². The standard InChI is InChI=1S/C18H23FN4O8/c19-13-9-10(6-8-20-13)15(26)21-7-2-1-3-11(16(27)28)22-18(31)23-12(17(29)30)4-5-14(24)25/h6,8-9,11-12H,1-5,7H2,(H,21,26)(H,24,25)(H,27,28)(H,29,30)(H2,22,23,31). The Morgan fingerprint density at radius 3 is 2.13 bits per heavy atom. The van der Waals surface area contributed by atoms with Gasteiger partial charge in [0.1, 0.15) is 12.1 Å². The van der Waals surface area contributed by atoms with Crippen LogP contribution in [0, 0.1) is 5.95 Å². The van der Waals surface area contributed by atoms with E-state index < -0.39 is 54.3 Å². The Morgan fingerprint density at radius 2 is 1.58 bits per heavy atom. The highest BCUT2D eigenvalue weighted by atomic mass is 19.1. The Hall–Kier alpha value is -3.77. The van der Waals surface area contributed by atoms with Gasteiger partial charge in [-0.2, -0.15) is 4.39 Å². The van der Waals surface area contributed by atoms with Crippen molar-refractivity contribution in [3.05, 3.63) is 29.8 Å². The van der Waals surface area contributed by atoms with Crippen molar-refractivity contribution in [3.8, 4) is 0 Å². The molecule has 12 nitrogen and oxygen atoms in total. The molecule has 1 heterocycles. The fourth-order valence-corrected chi connectivity index (χ4v) is 2.46. The number of carbonyl (C=O) groups excluding carboxylic acids is 2. The van der Waals surface area contributed by atoms with Crippen LogP contribution < -0.4 is 16.0 Å². The maximum atomic E-state index is 13.0. The van der Waals surface area contributed by atoms with Crippen LogP contribution in [0.1, 0.15) is 42.5 Å². The van der Waals surface area contributed by atoms with Gasteiger partial charge < -0.3 is 31.3 Å². The van der Waals surface area contributed by atoms with Crippen LogP contribution in [0.3, 0.4) is 0 Å². The molecule has 0 aliphatic carbocycles. The molecule has 1 aromatic rings. The second-order valence-electron chi connectivity index (χ2n) is 6.45. The van der Waals surface area contributed by atoms with Crippen LogP contribution in [0.15, 0.2) is 18.3 Å². The number of carboxylic acid groups (broad SMARTS) is 3. The monoisotopic (exact) mass is 442 g/mol. The van der Waals surface area contributed by atoms with Crippen LogP contribution >= 0.6 is 0 Å². The lowest BCUT2D eigenvalue weighted by molar-refractivity contribution is -0.140. The summed E-state index contributed by atoms with van der Waals surface area (Å²) in [7, 11) is 0. The molecule has 1 aromatic heterocycles. The number of carboxylic acids is 3. The topological polar surface area (TPSA) is 195 Å². The molecule has 0 aliphatic rings. The summed E-state index contributed by atoms with van der Waals surface area (Å²) in [6.07, 6.45) is 0.949. The number of aromatic nitrogens is 1. The highest BCUT2D eigenvalue weighted by Gasteiger charge is 2.24. The molecule has 170 valence electrons. The first-order valence-electron chi connectivity index (χ1n) is 9.24. The van der Waals surface area contributed by atoms with E-state index >= 15 is 0 Å². The van der Waals surface area contributed by atoms with Crippen molar-refractivity contribution in [1.82, 2.24) is 20.9 Å². The normalized spacial score (nSPS) is 12.3. The van der Waals surface area contributed by atoms with Gasteiger partial charge in [-0.25, -0.2) is 19.4 Å². The second-order valence-corrected chi connectivity index (χ2v) is 6.45. The van der Waals surface area contributed by atoms with Crippen LogP contribution in [0.4, 0.5) is 9.18 Å². The van der Waals surface area contributed by atoms with Gasteiger partial charge in [0, 0.05) is 30.8 Å². The van der Waals surface area contributed by atoms with E-state index in [1.165, 1.54) is 6.07 Å². The minimum atomic E-state index is -1.49. The summed E-state index contributed by atoms with van der Waals surface area (Å²) in [6, 6.07) is -1.56. The van der Waals surface area contributed by atoms with E-state index in [1.807, 2.05) is 5.32 Å². The van der Waals surface area contributed by atoms with E-state index in [1.54, 1.807) is 0 Å². The lowest BCUT2D eigenvalue weighted by Crippen LogP contribution is -2.51. The number of rotatable bonds is 13. The van der Waals surface area contributed by atoms with Crippen molar-refractivity contribution in [2.24, 2.45) is 0 Å². The van der Waals surface area contributed by atoms with Crippen molar-refractivity contribution < 1.29 is 43.7 Å². The van der Waals surface area contributed by atoms with Gasteiger partial charge >= 0.3 is 23.9 Å². The molecule has 13 heteroatoms. The number of unbranched alkanes of at least 4 members (excludes halogenated alkanes) is 1. The summed E-state index contributed by atoms with van der Waals surface area (Å²) in [5, 5.41) is 33.5. The molecule has 0 aromatic carbocycles. The highest BCUT2D eigenvalue weighted by Crippen LogP contribution is 2.04. The van der Waals surface area contributed by atoms with Crippen molar-refractivity contribution in [2.75, 3.05) is 6.54 Å². The zero-order chi connectivity index (χ0) is 23.4. The first-order chi connectivity index (χ1) is 14.6. The third-order valence-corrected chi connectivity index (χ3v) is 4.05. The van der Waals surface area contributed by atoms with E-state index in [9.17, 15) is 33.5 Å². The van der Waals surface area contributed by atoms with Crippen LogP contribution in [-0.2, 0) is 14.4 Å². The van der Waals surface area contributed by atoms with Crippen LogP contribution in [0.25, 0.3) is 0 Å². The molecule has 2 atom stereocenters. The number of aliphatic carboxylic acids is 3. The lowest BCUT2D eigenvalue weighted by Gasteiger charge is -2.18. The Balaban J connectivity index is 2.42. The maximum Gasteiger partial charge on any atom is 0.326 e. The van der Waals surface area contributed by atoms with Gasteiger partial charge in [-0.15, -0.1) is 0 Å². The van der Waals surface area contributed by atoms with Gasteiger partial charge in [0.05, 0.1) is 0 Å². The Labute approximate surface area is 175 Å².